The maximum absolute atomic E-state index is 8.63. The molecular formula is C44H51Cl2Zr. The van der Waals surface area contributed by atoms with Crippen molar-refractivity contribution in [1.82, 2.24) is 0 Å². The minimum absolute atomic E-state index is 0.0600. The average Bonchev–Trinajstić information content (AvgIpc) is 3.61. The first-order valence-electron chi connectivity index (χ1n) is 17.6. The molecule has 4 aromatic rings. The van der Waals surface area contributed by atoms with Gasteiger partial charge in [0.1, 0.15) is 0 Å². The van der Waals surface area contributed by atoms with Crippen LogP contribution >= 0.6 is 17.0 Å². The summed E-state index contributed by atoms with van der Waals surface area (Å²) in [5, 5.41) is 0. The third-order valence-electron chi connectivity index (χ3n) is 11.6. The number of hydrogen-bond acceptors (Lipinski definition) is 0. The van der Waals surface area contributed by atoms with Crippen molar-refractivity contribution < 1.29 is 16.4 Å². The van der Waals surface area contributed by atoms with Gasteiger partial charge in [-0.05, 0) is 0 Å². The van der Waals surface area contributed by atoms with Crippen molar-refractivity contribution in [1.29, 1.82) is 0 Å². The van der Waals surface area contributed by atoms with Crippen LogP contribution in [-0.4, -0.2) is 0 Å². The number of allylic oxidation sites excluding steroid dienone is 2. The molecule has 0 saturated carbocycles. The molecule has 4 aromatic carbocycles. The van der Waals surface area contributed by atoms with Crippen LogP contribution in [0.2, 0.25) is 4.13 Å². The van der Waals surface area contributed by atoms with Gasteiger partial charge in [0, 0.05) is 0 Å². The van der Waals surface area contributed by atoms with E-state index in [-0.39, 0.29) is 7.25 Å². The van der Waals surface area contributed by atoms with Crippen molar-refractivity contribution in [2.45, 2.75) is 100 Å². The van der Waals surface area contributed by atoms with Gasteiger partial charge in [-0.25, -0.2) is 0 Å². The molecule has 0 nitrogen and oxygen atoms in total. The summed E-state index contributed by atoms with van der Waals surface area (Å²) in [4.78, 5) is 0. The summed E-state index contributed by atoms with van der Waals surface area (Å²) < 4.78 is 0.945. The summed E-state index contributed by atoms with van der Waals surface area (Å²) in [5.74, 6) is 0. The molecule has 0 N–H and O–H groups in total. The predicted molar refractivity (Wildman–Crippen MR) is 206 cm³/mol. The van der Waals surface area contributed by atoms with Gasteiger partial charge >= 0.3 is 295 Å². The van der Waals surface area contributed by atoms with E-state index < -0.39 is 16.4 Å². The number of benzene rings is 4. The Kier molecular flexibility index (Phi) is 9.08. The first-order chi connectivity index (χ1) is 22.1. The monoisotopic (exact) mass is 739 g/mol. The van der Waals surface area contributed by atoms with E-state index in [0.29, 0.717) is 0 Å². The fraction of sp³-hybridized carbons (Fsp3) is 0.364. The van der Waals surface area contributed by atoms with E-state index in [9.17, 15) is 0 Å². The molecule has 3 heteroatoms. The molecule has 2 atom stereocenters. The number of halogens is 2. The summed E-state index contributed by atoms with van der Waals surface area (Å²) in [7, 11) is 17.3. The van der Waals surface area contributed by atoms with E-state index in [4.69, 9.17) is 17.0 Å². The van der Waals surface area contributed by atoms with E-state index in [2.05, 4.69) is 137 Å². The normalized spacial score (nSPS) is 18.0. The number of fused-ring (bicyclic) bond motifs is 2. The fourth-order valence-electron chi connectivity index (χ4n) is 9.16. The van der Waals surface area contributed by atoms with Gasteiger partial charge in [0.15, 0.2) is 0 Å². The molecule has 0 radical (unpaired) electrons. The summed E-state index contributed by atoms with van der Waals surface area (Å²) >= 11 is -4.92. The van der Waals surface area contributed by atoms with Gasteiger partial charge in [-0.3, -0.25) is 0 Å². The Hall–Kier alpha value is -2.18. The van der Waals surface area contributed by atoms with Crippen LogP contribution in [0.3, 0.4) is 0 Å². The summed E-state index contributed by atoms with van der Waals surface area (Å²) in [6.07, 6.45) is 6.86. The second-order valence-electron chi connectivity index (χ2n) is 14.9. The molecule has 0 fully saturated rings. The molecule has 0 spiro atoms. The first kappa shape index (κ1) is 34.7. The SMILES string of the molecule is CCC1=Cc2c(-c3cc(C)cc(C)c3)cc(C)c(C)c2[CH]1[Zr]([Cl])([Cl])([CH2]C)[CH]1C(CC)=Cc2c(-c3cc(C)cc(C)c3)cc(C)c(C)c21. The number of aryl methyl sites for hydroxylation is 6. The molecule has 47 heavy (non-hydrogen) atoms. The van der Waals surface area contributed by atoms with Crippen LogP contribution in [0.1, 0.15) is 108 Å². The maximum atomic E-state index is 8.63. The van der Waals surface area contributed by atoms with Gasteiger partial charge in [-0.2, -0.15) is 0 Å². The summed E-state index contributed by atoms with van der Waals surface area (Å²) in [6.45, 7) is 24.9. The van der Waals surface area contributed by atoms with Crippen LogP contribution in [0.5, 0.6) is 0 Å². The molecule has 0 aromatic heterocycles. The van der Waals surface area contributed by atoms with Gasteiger partial charge in [0.25, 0.3) is 0 Å². The van der Waals surface area contributed by atoms with Crippen LogP contribution in [0, 0.1) is 55.4 Å². The van der Waals surface area contributed by atoms with Crippen molar-refractivity contribution in [3.05, 3.63) is 126 Å². The zero-order valence-corrected chi connectivity index (χ0v) is 34.3. The van der Waals surface area contributed by atoms with Gasteiger partial charge in [0.2, 0.25) is 0 Å². The second kappa shape index (κ2) is 12.3. The quantitative estimate of drug-likeness (QED) is 0.177. The van der Waals surface area contributed by atoms with Crippen LogP contribution in [0.25, 0.3) is 34.4 Å². The Morgan fingerprint density at radius 1 is 0.511 bits per heavy atom. The van der Waals surface area contributed by atoms with Gasteiger partial charge in [-0.1, -0.05) is 0 Å². The van der Waals surface area contributed by atoms with Crippen LogP contribution in [-0.2, 0) is 16.4 Å². The van der Waals surface area contributed by atoms with Crippen molar-refractivity contribution >= 4 is 29.2 Å². The molecular weight excluding hydrogens is 691 g/mol. The van der Waals surface area contributed by atoms with Gasteiger partial charge < -0.3 is 0 Å². The molecule has 245 valence electrons. The van der Waals surface area contributed by atoms with E-state index in [0.717, 1.165) is 17.0 Å². The third kappa shape index (κ3) is 5.52. The molecule has 6 rings (SSSR count). The second-order valence-corrected chi connectivity index (χ2v) is 37.8. The predicted octanol–water partition coefficient (Wildman–Crippen LogP) is 14.3. The zero-order valence-electron chi connectivity index (χ0n) is 30.3. The molecule has 0 saturated heterocycles. The minimum atomic E-state index is -4.92. The molecule has 2 aliphatic carbocycles. The number of hydrogen-bond donors (Lipinski definition) is 0. The van der Waals surface area contributed by atoms with E-state index in [1.807, 2.05) is 0 Å². The Balaban J connectivity index is 1.65. The summed E-state index contributed by atoms with van der Waals surface area (Å²) in [6, 6.07) is 18.7. The topological polar surface area (TPSA) is 0 Å². The molecule has 2 unspecified atom stereocenters. The van der Waals surface area contributed by atoms with E-state index in [1.54, 1.807) is 0 Å². The van der Waals surface area contributed by atoms with Crippen LogP contribution in [0.4, 0.5) is 0 Å². The molecule has 0 amide bonds. The van der Waals surface area contributed by atoms with Crippen molar-refractivity contribution in [3.8, 4) is 22.3 Å². The van der Waals surface area contributed by atoms with Gasteiger partial charge in [0.05, 0.1) is 0 Å². The third-order valence-corrected chi connectivity index (χ3v) is 32.3. The Morgan fingerprint density at radius 2 is 0.851 bits per heavy atom. The number of rotatable bonds is 7. The van der Waals surface area contributed by atoms with Crippen LogP contribution < -0.4 is 0 Å². The molecule has 0 heterocycles. The summed E-state index contributed by atoms with van der Waals surface area (Å²) in [5.41, 5.74) is 24.0. The molecule has 2 aliphatic rings. The average molecular weight is 742 g/mol. The van der Waals surface area contributed by atoms with Crippen molar-refractivity contribution in [2.24, 2.45) is 0 Å². The molecule has 0 bridgehead atoms. The zero-order chi connectivity index (χ0) is 34.2. The Bertz CT molecular complexity index is 1840. The first-order valence-corrected chi connectivity index (χ1v) is 28.5. The van der Waals surface area contributed by atoms with E-state index >= 15 is 0 Å². The Labute approximate surface area is 292 Å². The fourth-order valence-corrected chi connectivity index (χ4v) is 27.7. The van der Waals surface area contributed by atoms with Gasteiger partial charge in [-0.15, -0.1) is 0 Å². The Morgan fingerprint density at radius 3 is 1.15 bits per heavy atom. The standard InChI is InChI=1S/2C21H23.C2H5.2ClH.Zr/c2*1-6-17-11-19-16(5)15(4)10-20(21(19)12-17)18-8-13(2)7-14(3)9-18;1-2;;;/h2*7-12H,6H2,1-5H3;1H2,2H3;2*1H;/q;;;;;+2/p-2. The van der Waals surface area contributed by atoms with E-state index in [1.165, 1.54) is 100 Å². The van der Waals surface area contributed by atoms with Crippen molar-refractivity contribution in [2.75, 3.05) is 0 Å². The van der Waals surface area contributed by atoms with Crippen LogP contribution in [0.15, 0.2) is 59.7 Å². The molecule has 0 aliphatic heterocycles. The van der Waals surface area contributed by atoms with Crippen molar-refractivity contribution in [3.63, 3.8) is 0 Å².